The van der Waals surface area contributed by atoms with Crippen molar-refractivity contribution in [2.75, 3.05) is 6.61 Å². The lowest BCUT2D eigenvalue weighted by molar-refractivity contribution is 0.0944. The summed E-state index contributed by atoms with van der Waals surface area (Å²) in [6.45, 7) is 5.07. The predicted octanol–water partition coefficient (Wildman–Crippen LogP) is 2.82. The Morgan fingerprint density at radius 2 is 2.17 bits per heavy atom. The van der Waals surface area contributed by atoms with Gasteiger partial charge in [-0.15, -0.1) is 0 Å². The molecule has 24 heavy (non-hydrogen) atoms. The lowest BCUT2D eigenvalue weighted by Gasteiger charge is -2.08. The van der Waals surface area contributed by atoms with Crippen molar-refractivity contribution in [2.45, 2.75) is 26.8 Å². The highest BCUT2D eigenvalue weighted by Gasteiger charge is 2.17. The minimum absolute atomic E-state index is 0.119. The number of pyridine rings is 1. The van der Waals surface area contributed by atoms with Crippen LogP contribution in [0.5, 0.6) is 5.75 Å². The maximum Gasteiger partial charge on any atom is 0.270 e. The maximum atomic E-state index is 12.7. The number of ether oxygens (including phenoxy) is 1. The van der Waals surface area contributed by atoms with E-state index in [9.17, 15) is 4.79 Å². The molecular weight excluding hydrogens is 302 g/mol. The van der Waals surface area contributed by atoms with Crippen molar-refractivity contribution in [3.8, 4) is 5.75 Å². The van der Waals surface area contributed by atoms with E-state index in [-0.39, 0.29) is 5.91 Å². The molecule has 0 saturated heterocycles. The van der Waals surface area contributed by atoms with Gasteiger partial charge in [0.05, 0.1) is 12.3 Å². The Morgan fingerprint density at radius 1 is 1.29 bits per heavy atom. The molecule has 3 aromatic rings. The molecule has 5 nitrogen and oxygen atoms in total. The van der Waals surface area contributed by atoms with Gasteiger partial charge in [-0.2, -0.15) is 0 Å². The van der Waals surface area contributed by atoms with Crippen LogP contribution in [0.2, 0.25) is 0 Å². The molecule has 1 amide bonds. The number of fused-ring (bicyclic) bond motifs is 2. The Morgan fingerprint density at radius 3 is 3.04 bits per heavy atom. The molecule has 0 unspecified atom stereocenters. The second-order valence-corrected chi connectivity index (χ2v) is 6.20. The largest absolute Gasteiger partial charge is 0.493 e. The molecule has 4 rings (SSSR count). The van der Waals surface area contributed by atoms with Gasteiger partial charge in [-0.1, -0.05) is 18.2 Å². The average Bonchev–Trinajstić information content (AvgIpc) is 3.15. The van der Waals surface area contributed by atoms with Crippen LogP contribution < -0.4 is 10.1 Å². The zero-order chi connectivity index (χ0) is 16.7. The van der Waals surface area contributed by atoms with Crippen molar-refractivity contribution < 1.29 is 9.53 Å². The second-order valence-electron chi connectivity index (χ2n) is 6.20. The molecule has 122 valence electrons. The molecular formula is C19H19N3O2. The zero-order valence-corrected chi connectivity index (χ0v) is 13.8. The molecule has 5 heteroatoms. The van der Waals surface area contributed by atoms with Crippen molar-refractivity contribution in [3.63, 3.8) is 0 Å². The number of aryl methyl sites for hydroxylation is 2. The van der Waals surface area contributed by atoms with Crippen molar-refractivity contribution in [1.82, 2.24) is 14.7 Å². The van der Waals surface area contributed by atoms with Gasteiger partial charge in [-0.3, -0.25) is 9.20 Å². The average molecular weight is 321 g/mol. The summed E-state index contributed by atoms with van der Waals surface area (Å²) in [4.78, 5) is 17.1. The zero-order valence-electron chi connectivity index (χ0n) is 13.8. The lowest BCUT2D eigenvalue weighted by atomic mass is 10.1. The van der Waals surface area contributed by atoms with Gasteiger partial charge in [-0.25, -0.2) is 4.98 Å². The normalized spacial score (nSPS) is 12.9. The first kappa shape index (κ1) is 14.8. The summed E-state index contributed by atoms with van der Waals surface area (Å²) >= 11 is 0. The number of amides is 1. The van der Waals surface area contributed by atoms with E-state index in [1.54, 1.807) is 0 Å². The fraction of sp³-hybridized carbons (Fsp3) is 0.263. The van der Waals surface area contributed by atoms with E-state index in [1.807, 2.05) is 48.7 Å². The van der Waals surface area contributed by atoms with Crippen LogP contribution in [0.4, 0.5) is 0 Å². The van der Waals surface area contributed by atoms with Crippen LogP contribution in [0.25, 0.3) is 5.65 Å². The number of carbonyl (C=O) groups excluding carboxylic acids is 1. The number of imidazole rings is 1. The topological polar surface area (TPSA) is 55.6 Å². The predicted molar refractivity (Wildman–Crippen MR) is 91.5 cm³/mol. The molecule has 0 aliphatic carbocycles. The highest BCUT2D eigenvalue weighted by Crippen LogP contribution is 2.26. The van der Waals surface area contributed by atoms with Gasteiger partial charge in [0.2, 0.25) is 0 Å². The minimum Gasteiger partial charge on any atom is -0.493 e. The summed E-state index contributed by atoms with van der Waals surface area (Å²) in [6.07, 6.45) is 2.90. The van der Waals surface area contributed by atoms with Crippen LogP contribution in [0, 0.1) is 13.8 Å². The van der Waals surface area contributed by atoms with Gasteiger partial charge in [0.25, 0.3) is 5.91 Å². The molecule has 1 N–H and O–H groups in total. The van der Waals surface area contributed by atoms with Gasteiger partial charge in [0.1, 0.15) is 17.1 Å². The van der Waals surface area contributed by atoms with Crippen LogP contribution in [0.1, 0.15) is 32.9 Å². The molecule has 1 aliphatic rings. The molecule has 1 aromatic carbocycles. The van der Waals surface area contributed by atoms with E-state index >= 15 is 0 Å². The van der Waals surface area contributed by atoms with Gasteiger partial charge in [0.15, 0.2) is 0 Å². The van der Waals surface area contributed by atoms with Crippen molar-refractivity contribution in [3.05, 3.63) is 64.6 Å². The Balaban J connectivity index is 1.56. The summed E-state index contributed by atoms with van der Waals surface area (Å²) in [5, 5.41) is 2.99. The molecule has 0 bridgehead atoms. The molecule has 0 fully saturated rings. The summed E-state index contributed by atoms with van der Waals surface area (Å²) in [7, 11) is 0. The summed E-state index contributed by atoms with van der Waals surface area (Å²) in [5.41, 5.74) is 5.46. The van der Waals surface area contributed by atoms with Crippen LogP contribution in [-0.2, 0) is 13.0 Å². The van der Waals surface area contributed by atoms with Crippen molar-refractivity contribution in [1.29, 1.82) is 0 Å². The highest BCUT2D eigenvalue weighted by atomic mass is 16.5. The molecule has 3 heterocycles. The molecule has 0 atom stereocenters. The molecule has 0 radical (unpaired) electrons. The monoisotopic (exact) mass is 321 g/mol. The van der Waals surface area contributed by atoms with E-state index in [4.69, 9.17) is 4.74 Å². The lowest BCUT2D eigenvalue weighted by Crippen LogP contribution is -2.25. The quantitative estimate of drug-likeness (QED) is 0.807. The second kappa shape index (κ2) is 5.67. The van der Waals surface area contributed by atoms with Gasteiger partial charge >= 0.3 is 0 Å². The van der Waals surface area contributed by atoms with Crippen LogP contribution in [0.3, 0.4) is 0 Å². The summed E-state index contributed by atoms with van der Waals surface area (Å²) in [6, 6.07) is 10.0. The number of nitrogens with one attached hydrogen (secondary N) is 1. The third-order valence-corrected chi connectivity index (χ3v) is 4.37. The number of carbonyl (C=O) groups is 1. The van der Waals surface area contributed by atoms with Crippen molar-refractivity contribution in [2.24, 2.45) is 0 Å². The van der Waals surface area contributed by atoms with Crippen LogP contribution in [-0.4, -0.2) is 21.9 Å². The number of rotatable bonds is 3. The Kier molecular flexibility index (Phi) is 3.49. The standard InChI is InChI=1S/C19H19N3O2/c1-12-3-6-17-21-13(2)18(22(17)11-12)19(23)20-10-14-4-5-15-7-8-24-16(15)9-14/h3-6,9,11H,7-8,10H2,1-2H3,(H,20,23). The Bertz CT molecular complexity index is 943. The third kappa shape index (κ3) is 2.52. The first-order valence-electron chi connectivity index (χ1n) is 8.10. The van der Waals surface area contributed by atoms with E-state index in [0.717, 1.165) is 41.2 Å². The minimum atomic E-state index is -0.119. The van der Waals surface area contributed by atoms with Gasteiger partial charge < -0.3 is 10.1 Å². The Labute approximate surface area is 140 Å². The molecule has 0 saturated carbocycles. The fourth-order valence-electron chi connectivity index (χ4n) is 3.13. The van der Waals surface area contributed by atoms with E-state index in [1.165, 1.54) is 5.56 Å². The first-order valence-corrected chi connectivity index (χ1v) is 8.10. The van der Waals surface area contributed by atoms with Crippen LogP contribution >= 0.6 is 0 Å². The number of aromatic nitrogens is 2. The fourth-order valence-corrected chi connectivity index (χ4v) is 3.13. The molecule has 2 aromatic heterocycles. The molecule has 0 spiro atoms. The maximum absolute atomic E-state index is 12.7. The van der Waals surface area contributed by atoms with Gasteiger partial charge in [0, 0.05) is 19.2 Å². The Hall–Kier alpha value is -2.82. The van der Waals surface area contributed by atoms with Gasteiger partial charge in [-0.05, 0) is 42.7 Å². The van der Waals surface area contributed by atoms with Crippen LogP contribution in [0.15, 0.2) is 36.5 Å². The number of hydrogen-bond donors (Lipinski definition) is 1. The third-order valence-electron chi connectivity index (χ3n) is 4.37. The number of nitrogens with zero attached hydrogens (tertiary/aromatic N) is 2. The number of hydrogen-bond acceptors (Lipinski definition) is 3. The highest BCUT2D eigenvalue weighted by molar-refractivity contribution is 5.94. The van der Waals surface area contributed by atoms with Crippen molar-refractivity contribution >= 4 is 11.6 Å². The molecule has 1 aliphatic heterocycles. The van der Waals surface area contributed by atoms with E-state index in [2.05, 4.69) is 16.4 Å². The van der Waals surface area contributed by atoms with E-state index < -0.39 is 0 Å². The smallest absolute Gasteiger partial charge is 0.270 e. The first-order chi connectivity index (χ1) is 11.6. The summed E-state index contributed by atoms with van der Waals surface area (Å²) in [5.74, 6) is 0.815. The summed E-state index contributed by atoms with van der Waals surface area (Å²) < 4.78 is 7.43. The van der Waals surface area contributed by atoms with E-state index in [0.29, 0.717) is 12.2 Å². The SMILES string of the molecule is Cc1ccc2nc(C)c(C(=O)NCc3ccc4c(c3)OCC4)n2c1. The number of benzene rings is 1.